The van der Waals surface area contributed by atoms with E-state index in [-0.39, 0.29) is 6.03 Å². The van der Waals surface area contributed by atoms with E-state index >= 15 is 0 Å². The van der Waals surface area contributed by atoms with Gasteiger partial charge in [0.15, 0.2) is 0 Å². The van der Waals surface area contributed by atoms with E-state index in [9.17, 15) is 14.7 Å². The topological polar surface area (TPSA) is 70.1 Å². The van der Waals surface area contributed by atoms with Crippen LogP contribution in [0.15, 0.2) is 0 Å². The summed E-state index contributed by atoms with van der Waals surface area (Å²) >= 11 is 0. The third-order valence-corrected chi connectivity index (χ3v) is 3.40. The first kappa shape index (κ1) is 15.8. The first-order valence-electron chi connectivity index (χ1n) is 6.97. The van der Waals surface area contributed by atoms with Crippen LogP contribution in [0.5, 0.6) is 0 Å². The van der Waals surface area contributed by atoms with Gasteiger partial charge in [-0.05, 0) is 33.1 Å². The van der Waals surface area contributed by atoms with Crippen LogP contribution in [0.4, 0.5) is 4.79 Å². The van der Waals surface area contributed by atoms with Crippen molar-refractivity contribution in [2.75, 3.05) is 32.8 Å². The van der Waals surface area contributed by atoms with E-state index in [1.807, 2.05) is 13.8 Å². The zero-order valence-corrected chi connectivity index (χ0v) is 11.8. The van der Waals surface area contributed by atoms with Gasteiger partial charge in [0.2, 0.25) is 0 Å². The van der Waals surface area contributed by atoms with Crippen LogP contribution in [0.2, 0.25) is 0 Å². The zero-order chi connectivity index (χ0) is 14.3. The van der Waals surface area contributed by atoms with Crippen LogP contribution >= 0.6 is 0 Å². The number of hydrogen-bond acceptors (Lipinski definition) is 3. The van der Waals surface area contributed by atoms with Gasteiger partial charge in [-0.15, -0.1) is 0 Å². The Kier molecular flexibility index (Phi) is 6.62. The lowest BCUT2D eigenvalue weighted by atomic mass is 10.0. The van der Waals surface area contributed by atoms with Crippen molar-refractivity contribution in [2.24, 2.45) is 0 Å². The Morgan fingerprint density at radius 2 is 2.11 bits per heavy atom. The number of likely N-dealkylation sites (tertiary alicyclic amines) is 1. The standard InChI is InChI=1S/C13H24N2O4/c1-3-14(9-10-19-4-2)13(18)15-8-6-5-7-11(15)12(16)17/h11H,3-10H2,1-2H3,(H,16,17). The molecule has 1 aliphatic heterocycles. The average Bonchev–Trinajstić information content (AvgIpc) is 2.43. The Labute approximate surface area is 114 Å². The fourth-order valence-electron chi connectivity index (χ4n) is 2.31. The number of nitrogens with zero attached hydrogens (tertiary/aromatic N) is 2. The Bertz CT molecular complexity index is 309. The van der Waals surface area contributed by atoms with Gasteiger partial charge < -0.3 is 19.6 Å². The van der Waals surface area contributed by atoms with Gasteiger partial charge >= 0.3 is 12.0 Å². The normalized spacial score (nSPS) is 19.3. The highest BCUT2D eigenvalue weighted by molar-refractivity contribution is 5.83. The maximum Gasteiger partial charge on any atom is 0.326 e. The number of carboxylic acids is 1. The van der Waals surface area contributed by atoms with Crippen LogP contribution in [-0.2, 0) is 9.53 Å². The van der Waals surface area contributed by atoms with Crippen molar-refractivity contribution in [1.29, 1.82) is 0 Å². The van der Waals surface area contributed by atoms with Gasteiger partial charge in [-0.2, -0.15) is 0 Å². The zero-order valence-electron chi connectivity index (χ0n) is 11.8. The number of amides is 2. The van der Waals surface area contributed by atoms with E-state index in [1.54, 1.807) is 4.90 Å². The van der Waals surface area contributed by atoms with Crippen molar-refractivity contribution in [3.05, 3.63) is 0 Å². The molecule has 0 aromatic heterocycles. The van der Waals surface area contributed by atoms with Crippen molar-refractivity contribution in [3.63, 3.8) is 0 Å². The molecule has 0 aliphatic carbocycles. The molecule has 0 spiro atoms. The molecular formula is C13H24N2O4. The molecule has 1 N–H and O–H groups in total. The molecule has 1 fully saturated rings. The molecule has 0 saturated carbocycles. The second kappa shape index (κ2) is 7.99. The fourth-order valence-corrected chi connectivity index (χ4v) is 2.31. The molecule has 1 aliphatic rings. The molecule has 110 valence electrons. The largest absolute Gasteiger partial charge is 0.480 e. The Morgan fingerprint density at radius 1 is 1.37 bits per heavy atom. The monoisotopic (exact) mass is 272 g/mol. The smallest absolute Gasteiger partial charge is 0.326 e. The minimum Gasteiger partial charge on any atom is -0.480 e. The lowest BCUT2D eigenvalue weighted by molar-refractivity contribution is -0.143. The Morgan fingerprint density at radius 3 is 2.68 bits per heavy atom. The van der Waals surface area contributed by atoms with Gasteiger partial charge in [0.05, 0.1) is 6.61 Å². The minimum absolute atomic E-state index is 0.186. The van der Waals surface area contributed by atoms with E-state index in [0.29, 0.717) is 39.3 Å². The number of aliphatic carboxylic acids is 1. The maximum absolute atomic E-state index is 12.4. The third kappa shape index (κ3) is 4.38. The first-order valence-corrected chi connectivity index (χ1v) is 6.97. The van der Waals surface area contributed by atoms with Crippen LogP contribution in [0.1, 0.15) is 33.1 Å². The summed E-state index contributed by atoms with van der Waals surface area (Å²) in [4.78, 5) is 26.7. The van der Waals surface area contributed by atoms with Crippen molar-refractivity contribution >= 4 is 12.0 Å². The molecule has 6 heteroatoms. The molecule has 2 amide bonds. The average molecular weight is 272 g/mol. The van der Waals surface area contributed by atoms with E-state index < -0.39 is 12.0 Å². The predicted octanol–water partition coefficient (Wildman–Crippen LogP) is 1.40. The van der Waals surface area contributed by atoms with E-state index in [1.165, 1.54) is 4.90 Å². The summed E-state index contributed by atoms with van der Waals surface area (Å²) in [7, 11) is 0. The van der Waals surface area contributed by atoms with E-state index in [2.05, 4.69) is 0 Å². The van der Waals surface area contributed by atoms with Crippen molar-refractivity contribution in [1.82, 2.24) is 9.80 Å². The lowest BCUT2D eigenvalue weighted by Gasteiger charge is -2.36. The van der Waals surface area contributed by atoms with Crippen molar-refractivity contribution < 1.29 is 19.4 Å². The van der Waals surface area contributed by atoms with Gasteiger partial charge in [-0.3, -0.25) is 0 Å². The molecule has 1 rings (SSSR count). The van der Waals surface area contributed by atoms with Gasteiger partial charge in [0.25, 0.3) is 0 Å². The van der Waals surface area contributed by atoms with Crippen LogP contribution in [0.3, 0.4) is 0 Å². The van der Waals surface area contributed by atoms with Crippen molar-refractivity contribution in [2.45, 2.75) is 39.2 Å². The molecule has 1 saturated heterocycles. The fraction of sp³-hybridized carbons (Fsp3) is 0.846. The number of urea groups is 1. The quantitative estimate of drug-likeness (QED) is 0.742. The van der Waals surface area contributed by atoms with E-state index in [4.69, 9.17) is 4.74 Å². The Hall–Kier alpha value is -1.30. The summed E-state index contributed by atoms with van der Waals surface area (Å²) in [5.74, 6) is -0.908. The van der Waals surface area contributed by atoms with Crippen LogP contribution in [0, 0.1) is 0 Å². The van der Waals surface area contributed by atoms with Gasteiger partial charge in [-0.1, -0.05) is 0 Å². The minimum atomic E-state index is -0.908. The third-order valence-electron chi connectivity index (χ3n) is 3.40. The number of carbonyl (C=O) groups excluding carboxylic acids is 1. The van der Waals surface area contributed by atoms with Crippen LogP contribution < -0.4 is 0 Å². The number of rotatable bonds is 6. The molecular weight excluding hydrogens is 248 g/mol. The number of carboxylic acid groups (broad SMARTS) is 1. The summed E-state index contributed by atoms with van der Waals surface area (Å²) in [5, 5.41) is 9.19. The summed E-state index contributed by atoms with van der Waals surface area (Å²) < 4.78 is 5.25. The number of carbonyl (C=O) groups is 2. The molecule has 1 heterocycles. The highest BCUT2D eigenvalue weighted by Gasteiger charge is 2.33. The molecule has 0 radical (unpaired) electrons. The van der Waals surface area contributed by atoms with Crippen molar-refractivity contribution in [3.8, 4) is 0 Å². The molecule has 0 bridgehead atoms. The van der Waals surface area contributed by atoms with E-state index in [0.717, 1.165) is 12.8 Å². The van der Waals surface area contributed by atoms with Crippen LogP contribution in [-0.4, -0.2) is 65.8 Å². The molecule has 0 aromatic carbocycles. The SMILES string of the molecule is CCOCCN(CC)C(=O)N1CCCCC1C(=O)O. The van der Waals surface area contributed by atoms with Gasteiger partial charge in [-0.25, -0.2) is 9.59 Å². The number of piperidine rings is 1. The summed E-state index contributed by atoms with van der Waals surface area (Å²) in [5.41, 5.74) is 0. The number of ether oxygens (including phenoxy) is 1. The molecule has 19 heavy (non-hydrogen) atoms. The highest BCUT2D eigenvalue weighted by Crippen LogP contribution is 2.19. The lowest BCUT2D eigenvalue weighted by Crippen LogP contribution is -2.53. The molecule has 1 atom stereocenters. The first-order chi connectivity index (χ1) is 9.11. The van der Waals surface area contributed by atoms with Gasteiger partial charge in [0.1, 0.15) is 6.04 Å². The molecule has 1 unspecified atom stereocenters. The summed E-state index contributed by atoms with van der Waals surface area (Å²) in [6.45, 7) is 6.50. The highest BCUT2D eigenvalue weighted by atomic mass is 16.5. The number of hydrogen-bond donors (Lipinski definition) is 1. The molecule has 0 aromatic rings. The summed E-state index contributed by atoms with van der Waals surface area (Å²) in [6.07, 6.45) is 2.29. The molecule has 6 nitrogen and oxygen atoms in total. The summed E-state index contributed by atoms with van der Waals surface area (Å²) in [6, 6.07) is -0.864. The van der Waals surface area contributed by atoms with Gasteiger partial charge in [0, 0.05) is 26.2 Å². The predicted molar refractivity (Wildman–Crippen MR) is 71.1 cm³/mol. The second-order valence-corrected chi connectivity index (χ2v) is 4.60. The second-order valence-electron chi connectivity index (χ2n) is 4.60. The maximum atomic E-state index is 12.4. The number of likely N-dealkylation sites (N-methyl/N-ethyl adjacent to an activating group) is 1. The Balaban J connectivity index is 2.63. The van der Waals surface area contributed by atoms with Crippen LogP contribution in [0.25, 0.3) is 0 Å².